The van der Waals surface area contributed by atoms with Crippen LogP contribution in [0, 0.1) is 0 Å². The molecule has 1 aliphatic rings. The molecule has 3 heterocycles. The van der Waals surface area contributed by atoms with E-state index in [4.69, 9.17) is 4.42 Å². The number of thiazole rings is 1. The molecule has 1 atom stereocenters. The average molecular weight is 445 g/mol. The number of hydrogen-bond acceptors (Lipinski definition) is 6. The second-order valence-electron chi connectivity index (χ2n) is 7.88. The van der Waals surface area contributed by atoms with E-state index in [0.717, 1.165) is 10.6 Å². The predicted octanol–water partition coefficient (Wildman–Crippen LogP) is 4.36. The van der Waals surface area contributed by atoms with E-state index in [1.54, 1.807) is 28.7 Å². The molecule has 0 saturated carbocycles. The summed E-state index contributed by atoms with van der Waals surface area (Å²) >= 11 is 1.41. The van der Waals surface area contributed by atoms with Crippen molar-refractivity contribution in [2.45, 2.75) is 38.8 Å². The second-order valence-corrected chi connectivity index (χ2v) is 11.0. The van der Waals surface area contributed by atoms with Gasteiger partial charge in [-0.15, -0.1) is 11.3 Å². The highest BCUT2D eigenvalue weighted by molar-refractivity contribution is 7.91. The number of carbonyl (C=O) groups excluding carboxylic acids is 1. The molecule has 0 bridgehead atoms. The van der Waals surface area contributed by atoms with E-state index in [-0.39, 0.29) is 30.0 Å². The molecular formula is C22H24N2O4S2. The van der Waals surface area contributed by atoms with Gasteiger partial charge in [0.05, 0.1) is 24.3 Å². The Morgan fingerprint density at radius 1 is 1.27 bits per heavy atom. The Labute approximate surface area is 180 Å². The van der Waals surface area contributed by atoms with Gasteiger partial charge in [0.1, 0.15) is 16.5 Å². The first-order chi connectivity index (χ1) is 14.3. The highest BCUT2D eigenvalue weighted by Crippen LogP contribution is 2.28. The first kappa shape index (κ1) is 20.8. The Morgan fingerprint density at radius 2 is 2.03 bits per heavy atom. The minimum absolute atomic E-state index is 0.0207. The van der Waals surface area contributed by atoms with Crippen molar-refractivity contribution in [1.29, 1.82) is 0 Å². The normalized spacial score (nSPS) is 18.0. The van der Waals surface area contributed by atoms with Gasteiger partial charge in [-0.1, -0.05) is 38.1 Å². The van der Waals surface area contributed by atoms with E-state index < -0.39 is 9.84 Å². The molecule has 0 unspecified atom stereocenters. The largest absolute Gasteiger partial charge is 0.467 e. The monoisotopic (exact) mass is 444 g/mol. The molecule has 2 aromatic heterocycles. The number of sulfone groups is 1. The zero-order valence-electron chi connectivity index (χ0n) is 16.9. The maximum Gasteiger partial charge on any atom is 0.274 e. The van der Waals surface area contributed by atoms with Crippen molar-refractivity contribution in [2.75, 3.05) is 11.5 Å². The molecule has 0 aliphatic carbocycles. The molecule has 0 N–H and O–H groups in total. The van der Waals surface area contributed by atoms with E-state index in [9.17, 15) is 13.2 Å². The highest BCUT2D eigenvalue weighted by Gasteiger charge is 2.36. The summed E-state index contributed by atoms with van der Waals surface area (Å²) in [5, 5.41) is 2.51. The smallest absolute Gasteiger partial charge is 0.274 e. The topological polar surface area (TPSA) is 80.5 Å². The number of nitrogens with zero attached hydrogens (tertiary/aromatic N) is 2. The molecule has 6 nitrogen and oxygen atoms in total. The molecule has 1 amide bonds. The molecule has 0 radical (unpaired) electrons. The van der Waals surface area contributed by atoms with E-state index in [2.05, 4.69) is 31.0 Å². The minimum Gasteiger partial charge on any atom is -0.467 e. The number of aromatic nitrogens is 1. The van der Waals surface area contributed by atoms with Crippen molar-refractivity contribution in [2.24, 2.45) is 0 Å². The van der Waals surface area contributed by atoms with Crippen LogP contribution in [0.1, 0.15) is 48.0 Å². The molecule has 8 heteroatoms. The lowest BCUT2D eigenvalue weighted by atomic mass is 10.0. The fourth-order valence-electron chi connectivity index (χ4n) is 3.62. The van der Waals surface area contributed by atoms with Gasteiger partial charge in [0.15, 0.2) is 9.84 Å². The fourth-order valence-corrected chi connectivity index (χ4v) is 6.15. The Balaban J connectivity index is 1.58. The lowest BCUT2D eigenvalue weighted by Crippen LogP contribution is -2.40. The lowest BCUT2D eigenvalue weighted by Gasteiger charge is -2.26. The molecule has 1 aromatic carbocycles. The van der Waals surface area contributed by atoms with Crippen LogP contribution in [0.5, 0.6) is 0 Å². The first-order valence-corrected chi connectivity index (χ1v) is 12.6. The van der Waals surface area contributed by atoms with E-state index in [1.807, 2.05) is 12.1 Å². The van der Waals surface area contributed by atoms with Crippen molar-refractivity contribution in [1.82, 2.24) is 9.88 Å². The maximum absolute atomic E-state index is 13.3. The number of hydrogen-bond donors (Lipinski definition) is 0. The SMILES string of the molecule is CC(C)c1ccc(-c2nc(C(=O)N(Cc3ccco3)[C@H]3CCS(=O)(=O)C3)cs2)cc1. The zero-order chi connectivity index (χ0) is 21.3. The van der Waals surface area contributed by atoms with Crippen LogP contribution in [-0.4, -0.2) is 41.8 Å². The number of benzene rings is 1. The van der Waals surface area contributed by atoms with Crippen LogP contribution in [0.2, 0.25) is 0 Å². The van der Waals surface area contributed by atoms with Crippen LogP contribution in [0.15, 0.2) is 52.5 Å². The van der Waals surface area contributed by atoms with Gasteiger partial charge < -0.3 is 9.32 Å². The third kappa shape index (κ3) is 4.49. The van der Waals surface area contributed by atoms with Gasteiger partial charge in [-0.2, -0.15) is 0 Å². The summed E-state index contributed by atoms with van der Waals surface area (Å²) in [6.45, 7) is 4.51. The molecule has 0 spiro atoms. The second kappa shape index (κ2) is 8.35. The number of rotatable bonds is 6. The van der Waals surface area contributed by atoms with Crippen LogP contribution in [-0.2, 0) is 16.4 Å². The Hall–Kier alpha value is -2.45. The zero-order valence-corrected chi connectivity index (χ0v) is 18.6. The maximum atomic E-state index is 13.3. The summed E-state index contributed by atoms with van der Waals surface area (Å²) in [4.78, 5) is 19.4. The van der Waals surface area contributed by atoms with Crippen LogP contribution in [0.3, 0.4) is 0 Å². The summed E-state index contributed by atoms with van der Waals surface area (Å²) in [6, 6.07) is 11.4. The van der Waals surface area contributed by atoms with Crippen molar-refractivity contribution in [3.8, 4) is 10.6 Å². The molecule has 4 rings (SSSR count). The lowest BCUT2D eigenvalue weighted by molar-refractivity contribution is 0.0661. The molecule has 3 aromatic rings. The van der Waals surface area contributed by atoms with E-state index in [0.29, 0.717) is 23.8 Å². The van der Waals surface area contributed by atoms with Crippen molar-refractivity contribution in [3.05, 3.63) is 65.1 Å². The Bertz CT molecular complexity index is 1120. The van der Waals surface area contributed by atoms with Crippen molar-refractivity contribution in [3.63, 3.8) is 0 Å². The fraction of sp³-hybridized carbons (Fsp3) is 0.364. The predicted molar refractivity (Wildman–Crippen MR) is 117 cm³/mol. The quantitative estimate of drug-likeness (QED) is 0.564. The van der Waals surface area contributed by atoms with Crippen LogP contribution in [0.25, 0.3) is 10.6 Å². The number of carbonyl (C=O) groups is 1. The first-order valence-electron chi connectivity index (χ1n) is 9.92. The van der Waals surface area contributed by atoms with Gasteiger partial charge >= 0.3 is 0 Å². The van der Waals surface area contributed by atoms with Crippen molar-refractivity contribution < 1.29 is 17.6 Å². The van der Waals surface area contributed by atoms with Crippen LogP contribution < -0.4 is 0 Å². The van der Waals surface area contributed by atoms with Crippen LogP contribution in [0.4, 0.5) is 0 Å². The molecule has 30 heavy (non-hydrogen) atoms. The van der Waals surface area contributed by atoms with Gasteiger partial charge in [0.2, 0.25) is 0 Å². The summed E-state index contributed by atoms with van der Waals surface area (Å²) < 4.78 is 29.4. The molecule has 1 saturated heterocycles. The minimum atomic E-state index is -3.13. The summed E-state index contributed by atoms with van der Waals surface area (Å²) in [6.07, 6.45) is 1.98. The summed E-state index contributed by atoms with van der Waals surface area (Å²) in [5.41, 5.74) is 2.54. The molecular weight excluding hydrogens is 420 g/mol. The number of furan rings is 1. The van der Waals surface area contributed by atoms with Crippen molar-refractivity contribution >= 4 is 27.1 Å². The van der Waals surface area contributed by atoms with E-state index in [1.165, 1.54) is 16.9 Å². The van der Waals surface area contributed by atoms with Gasteiger partial charge in [0, 0.05) is 17.0 Å². The molecule has 1 aliphatic heterocycles. The van der Waals surface area contributed by atoms with Gasteiger partial charge in [-0.25, -0.2) is 13.4 Å². The molecule has 1 fully saturated rings. The van der Waals surface area contributed by atoms with Gasteiger partial charge in [-0.3, -0.25) is 4.79 Å². The standard InChI is InChI=1S/C22H24N2O4S2/c1-15(2)16-5-7-17(8-6-16)21-23-20(13-29-21)22(25)24(12-19-4-3-10-28-19)18-9-11-30(26,27)14-18/h3-8,10,13,15,18H,9,11-12,14H2,1-2H3/t18-/m0/s1. The summed E-state index contributed by atoms with van der Waals surface area (Å²) in [5.74, 6) is 0.879. The van der Waals surface area contributed by atoms with Gasteiger partial charge in [-0.05, 0) is 30.0 Å². The highest BCUT2D eigenvalue weighted by atomic mass is 32.2. The Morgan fingerprint density at radius 3 is 2.63 bits per heavy atom. The van der Waals surface area contributed by atoms with E-state index >= 15 is 0 Å². The third-order valence-corrected chi connectivity index (χ3v) is 8.01. The Kier molecular flexibility index (Phi) is 5.79. The third-order valence-electron chi connectivity index (χ3n) is 5.36. The summed E-state index contributed by atoms with van der Waals surface area (Å²) in [7, 11) is -3.13. The van der Waals surface area contributed by atoms with Gasteiger partial charge in [0.25, 0.3) is 5.91 Å². The molecule has 158 valence electrons. The van der Waals surface area contributed by atoms with Crippen LogP contribution >= 0.6 is 11.3 Å². The average Bonchev–Trinajstić information content (AvgIpc) is 3.47. The number of amides is 1.